The first kappa shape index (κ1) is 22.7. The van der Waals surface area contributed by atoms with Crippen molar-refractivity contribution < 1.29 is 14.3 Å². The SMILES string of the molecule is COc1cccc(/C=C(\C#N)C(=O)Nc2ccc(I)cc2)c1OCc1cccc(Cl)c1. The molecule has 0 heterocycles. The number of hydrogen-bond acceptors (Lipinski definition) is 4. The van der Waals surface area contributed by atoms with E-state index in [9.17, 15) is 10.1 Å². The van der Waals surface area contributed by atoms with Crippen LogP contribution in [0.4, 0.5) is 5.69 Å². The van der Waals surface area contributed by atoms with Crippen molar-refractivity contribution >= 4 is 51.9 Å². The summed E-state index contributed by atoms with van der Waals surface area (Å²) >= 11 is 8.22. The molecule has 1 N–H and O–H groups in total. The molecule has 0 bridgehead atoms. The molecule has 0 unspecified atom stereocenters. The summed E-state index contributed by atoms with van der Waals surface area (Å²) in [6.07, 6.45) is 1.48. The number of carbonyl (C=O) groups excluding carboxylic acids is 1. The number of nitriles is 1. The van der Waals surface area contributed by atoms with Crippen LogP contribution in [-0.2, 0) is 11.4 Å². The van der Waals surface area contributed by atoms with Crippen LogP contribution in [-0.4, -0.2) is 13.0 Å². The average Bonchev–Trinajstić information content (AvgIpc) is 2.77. The maximum absolute atomic E-state index is 12.6. The second kappa shape index (κ2) is 10.8. The number of halogens is 2. The number of benzene rings is 3. The Kier molecular flexibility index (Phi) is 7.93. The first-order valence-electron chi connectivity index (χ1n) is 9.23. The zero-order valence-electron chi connectivity index (χ0n) is 16.6. The molecule has 1 amide bonds. The van der Waals surface area contributed by atoms with E-state index >= 15 is 0 Å². The number of nitrogens with one attached hydrogen (secondary N) is 1. The van der Waals surface area contributed by atoms with Crippen molar-refractivity contribution in [2.24, 2.45) is 0 Å². The first-order valence-corrected chi connectivity index (χ1v) is 10.7. The molecule has 0 spiro atoms. The molecule has 0 aliphatic rings. The molecule has 0 saturated heterocycles. The van der Waals surface area contributed by atoms with Gasteiger partial charge in [0.1, 0.15) is 18.2 Å². The van der Waals surface area contributed by atoms with E-state index in [0.717, 1.165) is 9.13 Å². The number of ether oxygens (including phenoxy) is 2. The van der Waals surface area contributed by atoms with Crippen molar-refractivity contribution in [1.29, 1.82) is 5.26 Å². The molecule has 0 saturated carbocycles. The van der Waals surface area contributed by atoms with Crippen LogP contribution >= 0.6 is 34.2 Å². The minimum Gasteiger partial charge on any atom is -0.493 e. The van der Waals surface area contributed by atoms with Gasteiger partial charge in [0.15, 0.2) is 11.5 Å². The lowest BCUT2D eigenvalue weighted by molar-refractivity contribution is -0.112. The molecule has 0 fully saturated rings. The molecule has 5 nitrogen and oxygen atoms in total. The fourth-order valence-corrected chi connectivity index (χ4v) is 3.35. The van der Waals surface area contributed by atoms with Gasteiger partial charge in [-0.25, -0.2) is 0 Å². The summed E-state index contributed by atoms with van der Waals surface area (Å²) in [4.78, 5) is 12.6. The largest absolute Gasteiger partial charge is 0.493 e. The highest BCUT2D eigenvalue weighted by molar-refractivity contribution is 14.1. The van der Waals surface area contributed by atoms with Gasteiger partial charge in [0.25, 0.3) is 5.91 Å². The molecular weight excluding hydrogens is 527 g/mol. The predicted molar refractivity (Wildman–Crippen MR) is 130 cm³/mol. The predicted octanol–water partition coefficient (Wildman–Crippen LogP) is 6.08. The van der Waals surface area contributed by atoms with Gasteiger partial charge in [0.05, 0.1) is 7.11 Å². The van der Waals surface area contributed by atoms with Gasteiger partial charge >= 0.3 is 0 Å². The number of carbonyl (C=O) groups is 1. The third-order valence-electron chi connectivity index (χ3n) is 4.27. The van der Waals surface area contributed by atoms with Crippen LogP contribution in [0.15, 0.2) is 72.3 Å². The highest BCUT2D eigenvalue weighted by Gasteiger charge is 2.14. The topological polar surface area (TPSA) is 71.3 Å². The van der Waals surface area contributed by atoms with E-state index < -0.39 is 5.91 Å². The fourth-order valence-electron chi connectivity index (χ4n) is 2.78. The zero-order valence-corrected chi connectivity index (χ0v) is 19.5. The molecule has 0 radical (unpaired) electrons. The number of methoxy groups -OCH3 is 1. The maximum Gasteiger partial charge on any atom is 0.266 e. The van der Waals surface area contributed by atoms with Gasteiger partial charge in [0, 0.05) is 19.8 Å². The molecule has 3 aromatic carbocycles. The Hall–Kier alpha value is -3.02. The minimum atomic E-state index is -0.507. The van der Waals surface area contributed by atoms with Crippen LogP contribution in [0, 0.1) is 14.9 Å². The Labute approximate surface area is 199 Å². The third kappa shape index (κ3) is 6.23. The van der Waals surface area contributed by atoms with Gasteiger partial charge < -0.3 is 14.8 Å². The van der Waals surface area contributed by atoms with Gasteiger partial charge in [-0.15, -0.1) is 0 Å². The highest BCUT2D eigenvalue weighted by atomic mass is 127. The Balaban J connectivity index is 1.87. The molecular formula is C24H18ClIN2O3. The molecule has 0 aromatic heterocycles. The number of anilines is 1. The lowest BCUT2D eigenvalue weighted by atomic mass is 10.1. The number of nitrogens with zero attached hydrogens (tertiary/aromatic N) is 1. The van der Waals surface area contributed by atoms with Crippen LogP contribution in [0.5, 0.6) is 11.5 Å². The summed E-state index contributed by atoms with van der Waals surface area (Å²) in [6.45, 7) is 0.249. The molecule has 156 valence electrons. The van der Waals surface area contributed by atoms with Crippen molar-refractivity contribution in [3.05, 3.63) is 92.0 Å². The Morgan fingerprint density at radius 2 is 1.90 bits per heavy atom. The highest BCUT2D eigenvalue weighted by Crippen LogP contribution is 2.33. The van der Waals surface area contributed by atoms with E-state index in [1.165, 1.54) is 13.2 Å². The van der Waals surface area contributed by atoms with E-state index in [0.29, 0.717) is 27.8 Å². The van der Waals surface area contributed by atoms with E-state index in [2.05, 4.69) is 27.9 Å². The lowest BCUT2D eigenvalue weighted by Gasteiger charge is -2.14. The Bertz CT molecular complexity index is 1150. The summed E-state index contributed by atoms with van der Waals surface area (Å²) in [5.74, 6) is 0.415. The fraction of sp³-hybridized carbons (Fsp3) is 0.0833. The minimum absolute atomic E-state index is 0.0561. The third-order valence-corrected chi connectivity index (χ3v) is 5.22. The van der Waals surface area contributed by atoms with Crippen LogP contribution < -0.4 is 14.8 Å². The van der Waals surface area contributed by atoms with Crippen molar-refractivity contribution in [3.63, 3.8) is 0 Å². The van der Waals surface area contributed by atoms with Gasteiger partial charge in [-0.3, -0.25) is 4.79 Å². The van der Waals surface area contributed by atoms with Crippen LogP contribution in [0.1, 0.15) is 11.1 Å². The van der Waals surface area contributed by atoms with Crippen molar-refractivity contribution in [3.8, 4) is 17.6 Å². The second-order valence-corrected chi connectivity index (χ2v) is 8.11. The van der Waals surface area contributed by atoms with Crippen LogP contribution in [0.3, 0.4) is 0 Å². The summed E-state index contributed by atoms with van der Waals surface area (Å²) in [7, 11) is 1.53. The van der Waals surface area contributed by atoms with Gasteiger partial charge in [-0.1, -0.05) is 35.9 Å². The molecule has 3 aromatic rings. The average molecular weight is 545 g/mol. The summed E-state index contributed by atoms with van der Waals surface area (Å²) in [6, 6.07) is 21.9. The quantitative estimate of drug-likeness (QED) is 0.222. The zero-order chi connectivity index (χ0) is 22.2. The van der Waals surface area contributed by atoms with E-state index in [4.69, 9.17) is 21.1 Å². The number of para-hydroxylation sites is 1. The molecule has 7 heteroatoms. The van der Waals surface area contributed by atoms with Gasteiger partial charge in [0.2, 0.25) is 0 Å². The molecule has 3 rings (SSSR count). The Morgan fingerprint density at radius 1 is 1.16 bits per heavy atom. The standard InChI is InChI=1S/C24H18ClIN2O3/c1-30-22-7-3-5-17(23(22)31-15-16-4-2-6-19(25)12-16)13-18(14-27)24(29)28-21-10-8-20(26)9-11-21/h2-13H,15H2,1H3,(H,28,29)/b18-13+. The second-order valence-electron chi connectivity index (χ2n) is 6.43. The maximum atomic E-state index is 12.6. The first-order chi connectivity index (χ1) is 15.0. The van der Waals surface area contributed by atoms with Crippen molar-refractivity contribution in [2.45, 2.75) is 6.61 Å². The lowest BCUT2D eigenvalue weighted by Crippen LogP contribution is -2.13. The summed E-state index contributed by atoms with van der Waals surface area (Å²) in [5.41, 5.74) is 1.98. The molecule has 0 aliphatic heterocycles. The number of amides is 1. The van der Waals surface area contributed by atoms with E-state index in [-0.39, 0.29) is 12.2 Å². The van der Waals surface area contributed by atoms with Crippen LogP contribution in [0.2, 0.25) is 5.02 Å². The van der Waals surface area contributed by atoms with Crippen molar-refractivity contribution in [2.75, 3.05) is 12.4 Å². The van der Waals surface area contributed by atoms with E-state index in [1.54, 1.807) is 36.4 Å². The summed E-state index contributed by atoms with van der Waals surface area (Å²) in [5, 5.41) is 12.9. The van der Waals surface area contributed by atoms with Crippen LogP contribution in [0.25, 0.3) is 6.08 Å². The Morgan fingerprint density at radius 3 is 2.58 bits per heavy atom. The van der Waals surface area contributed by atoms with Gasteiger partial charge in [-0.2, -0.15) is 5.26 Å². The van der Waals surface area contributed by atoms with Gasteiger partial charge in [-0.05, 0) is 76.7 Å². The summed E-state index contributed by atoms with van der Waals surface area (Å²) < 4.78 is 12.4. The monoisotopic (exact) mass is 544 g/mol. The number of hydrogen-bond donors (Lipinski definition) is 1. The smallest absolute Gasteiger partial charge is 0.266 e. The van der Waals surface area contributed by atoms with E-state index in [1.807, 2.05) is 36.4 Å². The molecule has 0 atom stereocenters. The number of rotatable bonds is 7. The molecule has 0 aliphatic carbocycles. The molecule has 31 heavy (non-hydrogen) atoms. The van der Waals surface area contributed by atoms with Crippen molar-refractivity contribution in [1.82, 2.24) is 0 Å². The normalized spacial score (nSPS) is 10.8.